The maximum Gasteiger partial charge on any atom is 0.137 e. The van der Waals surface area contributed by atoms with E-state index >= 15 is 0 Å². The molecular formula is C19H28O. The minimum Gasteiger partial charge on any atom is -0.299 e. The smallest absolute Gasteiger partial charge is 0.137 e. The predicted molar refractivity (Wildman–Crippen MR) is 85.2 cm³/mol. The molecule has 1 aromatic carbocycles. The molecule has 0 amide bonds. The molecule has 0 N–H and O–H groups in total. The van der Waals surface area contributed by atoms with Gasteiger partial charge in [-0.15, -0.1) is 0 Å². The van der Waals surface area contributed by atoms with Gasteiger partial charge in [-0.1, -0.05) is 49.8 Å². The van der Waals surface area contributed by atoms with Crippen LogP contribution in [0.2, 0.25) is 0 Å². The van der Waals surface area contributed by atoms with E-state index in [1.54, 1.807) is 0 Å². The molecule has 0 radical (unpaired) electrons. The summed E-state index contributed by atoms with van der Waals surface area (Å²) in [5, 5.41) is 0. The number of benzene rings is 1. The van der Waals surface area contributed by atoms with E-state index in [4.69, 9.17) is 0 Å². The number of hydrogen-bond acceptors (Lipinski definition) is 1. The highest BCUT2D eigenvalue weighted by molar-refractivity contribution is 5.81. The standard InChI is InChI=1S/C19H28O/c1-14-11-15(2)19(16(3)12-14)13-18(20)10-9-17-7-5-4-6-8-17/h11-12,17H,4-10,13H2,1-3H3. The van der Waals surface area contributed by atoms with E-state index < -0.39 is 0 Å². The van der Waals surface area contributed by atoms with Gasteiger partial charge in [-0.2, -0.15) is 0 Å². The van der Waals surface area contributed by atoms with Crippen molar-refractivity contribution in [3.05, 3.63) is 34.4 Å². The second kappa shape index (κ2) is 7.06. The summed E-state index contributed by atoms with van der Waals surface area (Å²) in [6, 6.07) is 4.38. The SMILES string of the molecule is Cc1cc(C)c(CC(=O)CCC2CCCCC2)c(C)c1. The predicted octanol–water partition coefficient (Wildman–Crippen LogP) is 5.08. The fourth-order valence-electron chi connectivity index (χ4n) is 3.62. The third-order valence-electron chi connectivity index (χ3n) is 4.77. The van der Waals surface area contributed by atoms with Crippen LogP contribution in [0.1, 0.15) is 67.2 Å². The molecule has 0 heterocycles. The molecule has 1 saturated carbocycles. The fourth-order valence-corrected chi connectivity index (χ4v) is 3.62. The second-order valence-electron chi connectivity index (χ2n) is 6.64. The number of hydrogen-bond donors (Lipinski definition) is 0. The number of aryl methyl sites for hydroxylation is 3. The first-order chi connectivity index (χ1) is 9.56. The Bertz CT molecular complexity index is 444. The number of carbonyl (C=O) groups is 1. The molecule has 2 rings (SSSR count). The van der Waals surface area contributed by atoms with Gasteiger partial charge in [0.25, 0.3) is 0 Å². The zero-order chi connectivity index (χ0) is 14.5. The third-order valence-corrected chi connectivity index (χ3v) is 4.77. The minimum absolute atomic E-state index is 0.422. The molecule has 20 heavy (non-hydrogen) atoms. The molecule has 1 aromatic rings. The van der Waals surface area contributed by atoms with Crippen molar-refractivity contribution in [2.24, 2.45) is 5.92 Å². The monoisotopic (exact) mass is 272 g/mol. The molecule has 0 saturated heterocycles. The summed E-state index contributed by atoms with van der Waals surface area (Å²) < 4.78 is 0. The zero-order valence-corrected chi connectivity index (χ0v) is 13.3. The summed E-state index contributed by atoms with van der Waals surface area (Å²) in [6.07, 6.45) is 9.34. The molecule has 1 aliphatic rings. The quantitative estimate of drug-likeness (QED) is 0.730. The molecule has 110 valence electrons. The first-order valence-electron chi connectivity index (χ1n) is 8.14. The van der Waals surface area contributed by atoms with Gasteiger partial charge >= 0.3 is 0 Å². The minimum atomic E-state index is 0.422. The van der Waals surface area contributed by atoms with Crippen molar-refractivity contribution < 1.29 is 4.79 Å². The van der Waals surface area contributed by atoms with Crippen LogP contribution in [-0.4, -0.2) is 5.78 Å². The van der Waals surface area contributed by atoms with Gasteiger partial charge in [0.1, 0.15) is 5.78 Å². The Hall–Kier alpha value is -1.11. The van der Waals surface area contributed by atoms with Crippen molar-refractivity contribution in [1.29, 1.82) is 0 Å². The van der Waals surface area contributed by atoms with Gasteiger partial charge in [0, 0.05) is 12.8 Å². The van der Waals surface area contributed by atoms with E-state index in [9.17, 15) is 4.79 Å². The van der Waals surface area contributed by atoms with Crippen LogP contribution in [0.15, 0.2) is 12.1 Å². The molecule has 0 aliphatic heterocycles. The van der Waals surface area contributed by atoms with Gasteiger partial charge < -0.3 is 0 Å². The normalized spacial score (nSPS) is 16.4. The molecule has 0 bridgehead atoms. The molecule has 1 fully saturated rings. The Labute approximate surface area is 123 Å². The summed E-state index contributed by atoms with van der Waals surface area (Å²) in [5.41, 5.74) is 5.09. The third kappa shape index (κ3) is 4.19. The first-order valence-corrected chi connectivity index (χ1v) is 8.14. The van der Waals surface area contributed by atoms with E-state index in [-0.39, 0.29) is 0 Å². The average molecular weight is 272 g/mol. The van der Waals surface area contributed by atoms with Crippen molar-refractivity contribution in [3.63, 3.8) is 0 Å². The summed E-state index contributed by atoms with van der Waals surface area (Å²) >= 11 is 0. The topological polar surface area (TPSA) is 17.1 Å². The lowest BCUT2D eigenvalue weighted by molar-refractivity contribution is -0.118. The van der Waals surface area contributed by atoms with Gasteiger partial charge in [0.15, 0.2) is 0 Å². The first kappa shape index (κ1) is 15.3. The summed E-state index contributed by atoms with van der Waals surface area (Å²) in [5.74, 6) is 1.23. The van der Waals surface area contributed by atoms with Crippen LogP contribution in [0.5, 0.6) is 0 Å². The lowest BCUT2D eigenvalue weighted by Crippen LogP contribution is -2.11. The van der Waals surface area contributed by atoms with Gasteiger partial charge in [-0.3, -0.25) is 4.79 Å². The van der Waals surface area contributed by atoms with Crippen LogP contribution in [0.25, 0.3) is 0 Å². The van der Waals surface area contributed by atoms with E-state index in [1.165, 1.54) is 54.4 Å². The maximum atomic E-state index is 12.2. The van der Waals surface area contributed by atoms with Crippen LogP contribution >= 0.6 is 0 Å². The van der Waals surface area contributed by atoms with Gasteiger partial charge in [0.2, 0.25) is 0 Å². The highest BCUT2D eigenvalue weighted by atomic mass is 16.1. The van der Waals surface area contributed by atoms with Crippen molar-refractivity contribution in [1.82, 2.24) is 0 Å². The van der Waals surface area contributed by atoms with E-state index in [0.717, 1.165) is 18.8 Å². The second-order valence-corrected chi connectivity index (χ2v) is 6.64. The summed E-state index contributed by atoms with van der Waals surface area (Å²) in [6.45, 7) is 6.38. The molecule has 0 atom stereocenters. The Morgan fingerprint density at radius 1 is 1.05 bits per heavy atom. The molecule has 0 spiro atoms. The summed E-state index contributed by atoms with van der Waals surface area (Å²) in [7, 11) is 0. The number of rotatable bonds is 5. The summed E-state index contributed by atoms with van der Waals surface area (Å²) in [4.78, 5) is 12.2. The lowest BCUT2D eigenvalue weighted by atomic mass is 9.85. The van der Waals surface area contributed by atoms with Crippen molar-refractivity contribution in [3.8, 4) is 0 Å². The molecule has 0 unspecified atom stereocenters. The van der Waals surface area contributed by atoms with E-state index in [1.807, 2.05) is 0 Å². The van der Waals surface area contributed by atoms with E-state index in [2.05, 4.69) is 32.9 Å². The Morgan fingerprint density at radius 3 is 2.25 bits per heavy atom. The molecule has 1 heteroatoms. The largest absolute Gasteiger partial charge is 0.299 e. The lowest BCUT2D eigenvalue weighted by Gasteiger charge is -2.21. The molecular weight excluding hydrogens is 244 g/mol. The van der Waals surface area contributed by atoms with Crippen molar-refractivity contribution >= 4 is 5.78 Å². The van der Waals surface area contributed by atoms with Crippen LogP contribution in [-0.2, 0) is 11.2 Å². The Morgan fingerprint density at radius 2 is 1.65 bits per heavy atom. The average Bonchev–Trinajstić information content (AvgIpc) is 2.42. The van der Waals surface area contributed by atoms with Crippen molar-refractivity contribution in [2.75, 3.05) is 0 Å². The Balaban J connectivity index is 1.88. The number of Topliss-reactive ketones (excluding diaryl/α,β-unsaturated/α-hetero) is 1. The Kier molecular flexibility index (Phi) is 5.39. The van der Waals surface area contributed by atoms with Crippen LogP contribution in [0.3, 0.4) is 0 Å². The van der Waals surface area contributed by atoms with Crippen LogP contribution in [0, 0.1) is 26.7 Å². The molecule has 1 aliphatic carbocycles. The van der Waals surface area contributed by atoms with Crippen LogP contribution < -0.4 is 0 Å². The highest BCUT2D eigenvalue weighted by Gasteiger charge is 2.16. The van der Waals surface area contributed by atoms with E-state index in [0.29, 0.717) is 12.2 Å². The fraction of sp³-hybridized carbons (Fsp3) is 0.632. The highest BCUT2D eigenvalue weighted by Crippen LogP contribution is 2.27. The number of ketones is 1. The van der Waals surface area contributed by atoms with Gasteiger partial charge in [-0.25, -0.2) is 0 Å². The van der Waals surface area contributed by atoms with Crippen LogP contribution in [0.4, 0.5) is 0 Å². The zero-order valence-electron chi connectivity index (χ0n) is 13.3. The number of carbonyl (C=O) groups excluding carboxylic acids is 1. The maximum absolute atomic E-state index is 12.2. The van der Waals surface area contributed by atoms with Gasteiger partial charge in [0.05, 0.1) is 0 Å². The molecule has 0 aromatic heterocycles. The van der Waals surface area contributed by atoms with Gasteiger partial charge in [-0.05, 0) is 49.8 Å². The van der Waals surface area contributed by atoms with Crippen molar-refractivity contribution in [2.45, 2.75) is 72.1 Å². The molecule has 1 nitrogen and oxygen atoms in total.